The van der Waals surface area contributed by atoms with Crippen LogP contribution in [0.3, 0.4) is 0 Å². The lowest BCUT2D eigenvalue weighted by atomic mass is 10.0. The molecule has 0 spiro atoms. The molecule has 31 heavy (non-hydrogen) atoms. The SMILES string of the molecule is CC(C)(C)OC(=O)N1CCC(Nc2ccc3cnccc3c2)CC1.O=C(O)C(F)(F)F. The molecule has 2 heterocycles. The van der Waals surface area contributed by atoms with Crippen LogP contribution in [-0.2, 0) is 9.53 Å². The number of hydrogen-bond acceptors (Lipinski definition) is 5. The average molecular weight is 441 g/mol. The minimum atomic E-state index is -5.08. The molecule has 1 fully saturated rings. The molecule has 1 aromatic carbocycles. The molecule has 0 saturated carbocycles. The van der Waals surface area contributed by atoms with E-state index in [4.69, 9.17) is 14.6 Å². The van der Waals surface area contributed by atoms with Crippen molar-refractivity contribution >= 4 is 28.5 Å². The van der Waals surface area contributed by atoms with Crippen LogP contribution < -0.4 is 5.32 Å². The highest BCUT2D eigenvalue weighted by Crippen LogP contribution is 2.22. The number of alkyl halides is 3. The normalized spacial score (nSPS) is 15.1. The molecule has 0 unspecified atom stereocenters. The first-order valence-electron chi connectivity index (χ1n) is 9.73. The summed E-state index contributed by atoms with van der Waals surface area (Å²) < 4.78 is 37.2. The molecule has 170 valence electrons. The number of hydrogen-bond donors (Lipinski definition) is 2. The molecule has 0 radical (unpaired) electrons. The monoisotopic (exact) mass is 441 g/mol. The number of carbonyl (C=O) groups is 2. The number of aromatic nitrogens is 1. The van der Waals surface area contributed by atoms with E-state index >= 15 is 0 Å². The summed E-state index contributed by atoms with van der Waals surface area (Å²) in [6.07, 6.45) is 0.240. The van der Waals surface area contributed by atoms with E-state index in [1.165, 1.54) is 5.39 Å². The Hall–Kier alpha value is -3.04. The third-order valence-corrected chi connectivity index (χ3v) is 4.40. The van der Waals surface area contributed by atoms with Gasteiger partial charge in [-0.05, 0) is 57.2 Å². The van der Waals surface area contributed by atoms with Crippen LogP contribution in [0.25, 0.3) is 10.8 Å². The van der Waals surface area contributed by atoms with Gasteiger partial charge in [-0.25, -0.2) is 9.59 Å². The van der Waals surface area contributed by atoms with Gasteiger partial charge in [0.1, 0.15) is 5.60 Å². The molecule has 1 aromatic heterocycles. The zero-order chi connectivity index (χ0) is 23.2. The number of rotatable bonds is 2. The Morgan fingerprint density at radius 1 is 1.13 bits per heavy atom. The lowest BCUT2D eigenvalue weighted by Crippen LogP contribution is -2.44. The number of pyridine rings is 1. The van der Waals surface area contributed by atoms with E-state index in [1.807, 2.05) is 39.2 Å². The Morgan fingerprint density at radius 3 is 2.29 bits per heavy atom. The molecule has 1 amide bonds. The quantitative estimate of drug-likeness (QED) is 0.703. The maximum Gasteiger partial charge on any atom is 0.490 e. The Balaban J connectivity index is 0.000000423. The molecule has 7 nitrogen and oxygen atoms in total. The van der Waals surface area contributed by atoms with Gasteiger partial charge < -0.3 is 20.1 Å². The number of aliphatic carboxylic acids is 1. The number of nitrogens with zero attached hydrogens (tertiary/aromatic N) is 2. The molecule has 0 aliphatic carbocycles. The van der Waals surface area contributed by atoms with Gasteiger partial charge in [0.2, 0.25) is 0 Å². The molecular weight excluding hydrogens is 415 g/mol. The Bertz CT molecular complexity index is 905. The third kappa shape index (κ3) is 7.95. The number of amides is 1. The number of carboxylic acid groups (broad SMARTS) is 1. The molecule has 2 N–H and O–H groups in total. The number of fused-ring (bicyclic) bond motifs is 1. The molecule has 1 aliphatic heterocycles. The summed E-state index contributed by atoms with van der Waals surface area (Å²) in [4.78, 5) is 26.9. The van der Waals surface area contributed by atoms with E-state index in [-0.39, 0.29) is 6.09 Å². The second-order valence-electron chi connectivity index (χ2n) is 8.13. The van der Waals surface area contributed by atoms with Crippen molar-refractivity contribution in [2.45, 2.75) is 51.4 Å². The largest absolute Gasteiger partial charge is 0.490 e. The minimum absolute atomic E-state index is 0.209. The maximum atomic E-state index is 12.1. The molecule has 3 rings (SSSR count). The number of carboxylic acids is 1. The maximum absolute atomic E-state index is 12.1. The predicted octanol–water partition coefficient (Wildman–Crippen LogP) is 4.68. The highest BCUT2D eigenvalue weighted by molar-refractivity contribution is 5.84. The van der Waals surface area contributed by atoms with E-state index in [0.717, 1.165) is 37.0 Å². The fourth-order valence-electron chi connectivity index (χ4n) is 2.94. The molecule has 10 heteroatoms. The summed E-state index contributed by atoms with van der Waals surface area (Å²) in [6, 6.07) is 8.72. The van der Waals surface area contributed by atoms with Crippen molar-refractivity contribution in [3.8, 4) is 0 Å². The number of benzene rings is 1. The van der Waals surface area contributed by atoms with Crippen LogP contribution in [0.1, 0.15) is 33.6 Å². The van der Waals surface area contributed by atoms with Gasteiger partial charge in [-0.15, -0.1) is 0 Å². The fourth-order valence-corrected chi connectivity index (χ4v) is 2.94. The van der Waals surface area contributed by atoms with Crippen molar-refractivity contribution in [2.24, 2.45) is 0 Å². The van der Waals surface area contributed by atoms with Crippen molar-refractivity contribution in [1.29, 1.82) is 0 Å². The van der Waals surface area contributed by atoms with E-state index in [0.29, 0.717) is 6.04 Å². The lowest BCUT2D eigenvalue weighted by molar-refractivity contribution is -0.192. The Labute approximate surface area is 178 Å². The Kier molecular flexibility index (Phi) is 7.70. The highest BCUT2D eigenvalue weighted by atomic mass is 19.4. The van der Waals surface area contributed by atoms with Crippen molar-refractivity contribution in [3.05, 3.63) is 36.7 Å². The molecule has 0 atom stereocenters. The van der Waals surface area contributed by atoms with Gasteiger partial charge in [-0.3, -0.25) is 4.98 Å². The van der Waals surface area contributed by atoms with Gasteiger partial charge in [0.25, 0.3) is 0 Å². The van der Waals surface area contributed by atoms with Crippen LogP contribution >= 0.6 is 0 Å². The molecule has 1 aliphatic rings. The van der Waals surface area contributed by atoms with Crippen LogP contribution in [0.4, 0.5) is 23.7 Å². The summed E-state index contributed by atoms with van der Waals surface area (Å²) in [5.74, 6) is -2.76. The third-order valence-electron chi connectivity index (χ3n) is 4.40. The van der Waals surface area contributed by atoms with Crippen LogP contribution in [-0.4, -0.2) is 58.0 Å². The summed E-state index contributed by atoms with van der Waals surface area (Å²) >= 11 is 0. The van der Waals surface area contributed by atoms with Crippen molar-refractivity contribution in [1.82, 2.24) is 9.88 Å². The van der Waals surface area contributed by atoms with E-state index < -0.39 is 17.7 Å². The molecule has 0 bridgehead atoms. The Morgan fingerprint density at radius 2 is 1.74 bits per heavy atom. The summed E-state index contributed by atoms with van der Waals surface area (Å²) in [5, 5.41) is 13.0. The number of nitrogens with one attached hydrogen (secondary N) is 1. The fraction of sp³-hybridized carbons (Fsp3) is 0.476. The topological polar surface area (TPSA) is 91.8 Å². The average Bonchev–Trinajstić information content (AvgIpc) is 2.67. The first-order valence-corrected chi connectivity index (χ1v) is 9.73. The van der Waals surface area contributed by atoms with Gasteiger partial charge in [0.05, 0.1) is 0 Å². The van der Waals surface area contributed by atoms with Gasteiger partial charge in [0, 0.05) is 42.6 Å². The molecule has 1 saturated heterocycles. The summed E-state index contributed by atoms with van der Waals surface area (Å²) in [6.45, 7) is 7.14. The van der Waals surface area contributed by atoms with Crippen LogP contribution in [0, 0.1) is 0 Å². The van der Waals surface area contributed by atoms with E-state index in [9.17, 15) is 18.0 Å². The van der Waals surface area contributed by atoms with Crippen LogP contribution in [0.15, 0.2) is 36.7 Å². The zero-order valence-corrected chi connectivity index (χ0v) is 17.6. The second-order valence-corrected chi connectivity index (χ2v) is 8.13. The van der Waals surface area contributed by atoms with E-state index in [2.05, 4.69) is 28.5 Å². The summed E-state index contributed by atoms with van der Waals surface area (Å²) in [5.41, 5.74) is 0.677. The van der Waals surface area contributed by atoms with Gasteiger partial charge >= 0.3 is 18.2 Å². The van der Waals surface area contributed by atoms with Gasteiger partial charge in [0.15, 0.2) is 0 Å². The number of halogens is 3. The minimum Gasteiger partial charge on any atom is -0.475 e. The standard InChI is InChI=1S/C19H25N3O2.C2HF3O2/c1-19(2,3)24-18(23)22-10-7-16(8-11-22)21-17-5-4-15-13-20-9-6-14(15)12-17;3-2(4,5)1(6)7/h4-6,9,12-13,16,21H,7-8,10-11H2,1-3H3;(H,6,7). The number of carbonyl (C=O) groups excluding carboxylic acids is 1. The van der Waals surface area contributed by atoms with Crippen LogP contribution in [0.2, 0.25) is 0 Å². The second kappa shape index (κ2) is 9.84. The highest BCUT2D eigenvalue weighted by Gasteiger charge is 2.38. The zero-order valence-electron chi connectivity index (χ0n) is 17.6. The lowest BCUT2D eigenvalue weighted by Gasteiger charge is -2.34. The van der Waals surface area contributed by atoms with Crippen molar-refractivity contribution in [3.63, 3.8) is 0 Å². The first kappa shape index (κ1) is 24.2. The van der Waals surface area contributed by atoms with Gasteiger partial charge in [-0.2, -0.15) is 13.2 Å². The molecular formula is C21H26F3N3O4. The molecule has 2 aromatic rings. The number of likely N-dealkylation sites (tertiary alicyclic amines) is 1. The smallest absolute Gasteiger partial charge is 0.475 e. The van der Waals surface area contributed by atoms with Crippen LogP contribution in [0.5, 0.6) is 0 Å². The number of anilines is 1. The predicted molar refractivity (Wildman–Crippen MR) is 110 cm³/mol. The first-order chi connectivity index (χ1) is 14.3. The van der Waals surface area contributed by atoms with Crippen molar-refractivity contribution in [2.75, 3.05) is 18.4 Å². The van der Waals surface area contributed by atoms with E-state index in [1.54, 1.807) is 4.90 Å². The number of piperidine rings is 1. The van der Waals surface area contributed by atoms with Gasteiger partial charge in [-0.1, -0.05) is 6.07 Å². The number of ether oxygens (including phenoxy) is 1. The summed E-state index contributed by atoms with van der Waals surface area (Å²) in [7, 11) is 0. The van der Waals surface area contributed by atoms with Crippen molar-refractivity contribution < 1.29 is 32.6 Å².